The predicted octanol–water partition coefficient (Wildman–Crippen LogP) is 8.39. The van der Waals surface area contributed by atoms with Crippen molar-refractivity contribution in [1.82, 2.24) is 15.0 Å². The van der Waals surface area contributed by atoms with Crippen molar-refractivity contribution in [1.29, 1.82) is 0 Å². The van der Waals surface area contributed by atoms with Gasteiger partial charge in [-0.15, -0.1) is 11.3 Å². The number of nitrogens with one attached hydrogen (secondary N) is 2. The van der Waals surface area contributed by atoms with Gasteiger partial charge in [-0.25, -0.2) is 9.97 Å². The van der Waals surface area contributed by atoms with E-state index in [0.717, 1.165) is 88.1 Å². The molecule has 3 aliphatic rings. The molecule has 2 saturated heterocycles. The molecule has 3 aliphatic heterocycles. The number of fused-ring (bicyclic) bond motifs is 4. The number of carbonyl (C=O) groups excluding carboxylic acids is 2. The number of rotatable bonds is 5. The van der Waals surface area contributed by atoms with Crippen LogP contribution < -0.4 is 15.1 Å². The van der Waals surface area contributed by atoms with Gasteiger partial charge in [-0.2, -0.15) is 0 Å². The average Bonchev–Trinajstić information content (AvgIpc) is 3.67. The fourth-order valence-corrected chi connectivity index (χ4v) is 9.29. The van der Waals surface area contributed by atoms with Crippen molar-refractivity contribution in [3.05, 3.63) is 112 Å². The van der Waals surface area contributed by atoms with Crippen molar-refractivity contribution in [2.75, 3.05) is 48.0 Å². The van der Waals surface area contributed by atoms with Gasteiger partial charge in [-0.1, -0.05) is 41.9 Å². The third-order valence-electron chi connectivity index (χ3n) is 10.4. The van der Waals surface area contributed by atoms with Crippen molar-refractivity contribution < 1.29 is 14.3 Å². The SMILES string of the molecule is Cc1cnc(N2CC3(CCOCC3)C2)c(C(=O)Nc2ccc(C(=O)N3CCc4c(sc(-c5nc6ccccc6[nH]5)c4Cl)-c4ccccc43)cc2)c1. The Labute approximate surface area is 304 Å². The van der Waals surface area contributed by atoms with E-state index in [4.69, 9.17) is 21.3 Å². The number of nitrogens with zero attached hydrogens (tertiary/aromatic N) is 4. The Balaban J connectivity index is 0.939. The highest BCUT2D eigenvalue weighted by Crippen LogP contribution is 2.49. The van der Waals surface area contributed by atoms with Gasteiger partial charge in [0, 0.05) is 66.2 Å². The van der Waals surface area contributed by atoms with E-state index in [9.17, 15) is 9.59 Å². The number of aryl methyl sites for hydroxylation is 1. The highest BCUT2D eigenvalue weighted by atomic mass is 35.5. The Morgan fingerprint density at radius 2 is 1.75 bits per heavy atom. The summed E-state index contributed by atoms with van der Waals surface area (Å²) in [6.45, 7) is 5.75. The molecule has 0 aliphatic carbocycles. The first-order valence-electron chi connectivity index (χ1n) is 17.2. The number of pyridine rings is 1. The number of para-hydroxylation sites is 3. The largest absolute Gasteiger partial charge is 0.381 e. The van der Waals surface area contributed by atoms with Gasteiger partial charge in [0.15, 0.2) is 0 Å². The molecule has 9 rings (SSSR count). The third-order valence-corrected chi connectivity index (χ3v) is 12.2. The molecule has 2 amide bonds. The number of anilines is 3. The Hall–Kier alpha value is -5.03. The second kappa shape index (κ2) is 12.6. The van der Waals surface area contributed by atoms with Crippen LogP contribution in [0.2, 0.25) is 5.02 Å². The zero-order chi connectivity index (χ0) is 34.7. The molecule has 2 N–H and O–H groups in total. The van der Waals surface area contributed by atoms with Crippen LogP contribution in [-0.4, -0.2) is 59.6 Å². The van der Waals surface area contributed by atoms with Crippen molar-refractivity contribution in [3.8, 4) is 21.1 Å². The van der Waals surface area contributed by atoms with Crippen molar-refractivity contribution >= 4 is 63.0 Å². The molecule has 0 atom stereocenters. The quantitative estimate of drug-likeness (QED) is 0.186. The number of imidazole rings is 1. The van der Waals surface area contributed by atoms with Crippen LogP contribution in [0.1, 0.15) is 44.7 Å². The number of hydrogen-bond donors (Lipinski definition) is 2. The Bertz CT molecular complexity index is 2290. The minimum Gasteiger partial charge on any atom is -0.381 e. The predicted molar refractivity (Wildman–Crippen MR) is 203 cm³/mol. The smallest absolute Gasteiger partial charge is 0.259 e. The average molecular weight is 715 g/mol. The first-order chi connectivity index (χ1) is 24.9. The van der Waals surface area contributed by atoms with Crippen LogP contribution in [0.15, 0.2) is 85.1 Å². The molecule has 11 heteroatoms. The van der Waals surface area contributed by atoms with E-state index in [-0.39, 0.29) is 17.2 Å². The van der Waals surface area contributed by atoms with Gasteiger partial charge in [-0.3, -0.25) is 9.59 Å². The molecule has 3 aromatic heterocycles. The molecule has 9 nitrogen and oxygen atoms in total. The molecule has 0 radical (unpaired) electrons. The second-order valence-corrected chi connectivity index (χ2v) is 15.2. The van der Waals surface area contributed by atoms with Crippen molar-refractivity contribution in [2.45, 2.75) is 26.2 Å². The summed E-state index contributed by atoms with van der Waals surface area (Å²) in [5, 5.41) is 3.71. The fourth-order valence-electron chi connectivity index (χ4n) is 7.62. The number of benzene rings is 3. The number of thiophene rings is 1. The number of amides is 2. The molecule has 6 heterocycles. The summed E-state index contributed by atoms with van der Waals surface area (Å²) in [7, 11) is 0. The summed E-state index contributed by atoms with van der Waals surface area (Å²) in [6.07, 6.45) is 4.49. The summed E-state index contributed by atoms with van der Waals surface area (Å²) in [4.78, 5) is 46.6. The van der Waals surface area contributed by atoms with Crippen LogP contribution in [0.3, 0.4) is 0 Å². The lowest BCUT2D eigenvalue weighted by atomic mass is 9.73. The highest BCUT2D eigenvalue weighted by molar-refractivity contribution is 7.19. The number of ether oxygens (including phenoxy) is 1. The molecular formula is C40H35ClN6O3S. The monoisotopic (exact) mass is 714 g/mol. The zero-order valence-electron chi connectivity index (χ0n) is 28.0. The van der Waals surface area contributed by atoms with Crippen LogP contribution in [0.25, 0.3) is 32.2 Å². The van der Waals surface area contributed by atoms with E-state index in [0.29, 0.717) is 40.6 Å². The first-order valence-corrected chi connectivity index (χ1v) is 18.4. The lowest BCUT2D eigenvalue weighted by Crippen LogP contribution is -2.59. The topological polar surface area (TPSA) is 103 Å². The van der Waals surface area contributed by atoms with Gasteiger partial charge in [0.2, 0.25) is 0 Å². The molecule has 1 spiro atoms. The number of hydrogen-bond acceptors (Lipinski definition) is 7. The van der Waals surface area contributed by atoms with E-state index in [1.54, 1.807) is 35.6 Å². The fraction of sp³-hybridized carbons (Fsp3) is 0.250. The number of aromatic nitrogens is 3. The molecule has 2 fully saturated rings. The minimum atomic E-state index is -0.223. The molecule has 0 saturated carbocycles. The van der Waals surface area contributed by atoms with Gasteiger partial charge in [0.05, 0.1) is 32.2 Å². The number of carbonyl (C=O) groups is 2. The van der Waals surface area contributed by atoms with E-state index in [1.807, 2.05) is 72.6 Å². The molecule has 6 aromatic rings. The maximum absolute atomic E-state index is 14.1. The zero-order valence-corrected chi connectivity index (χ0v) is 29.6. The molecule has 0 unspecified atom stereocenters. The maximum Gasteiger partial charge on any atom is 0.259 e. The lowest BCUT2D eigenvalue weighted by molar-refractivity contribution is -0.000510. The Kier molecular flexibility index (Phi) is 7.90. The maximum atomic E-state index is 14.1. The second-order valence-electron chi connectivity index (χ2n) is 13.8. The summed E-state index contributed by atoms with van der Waals surface area (Å²) in [5.41, 5.74) is 7.53. The van der Waals surface area contributed by atoms with Crippen LogP contribution in [-0.2, 0) is 11.2 Å². The first kappa shape index (κ1) is 31.9. The van der Waals surface area contributed by atoms with Gasteiger partial charge in [0.1, 0.15) is 11.6 Å². The summed E-state index contributed by atoms with van der Waals surface area (Å²) >= 11 is 8.67. The molecular weight excluding hydrogens is 680 g/mol. The van der Waals surface area contributed by atoms with Crippen LogP contribution in [0, 0.1) is 12.3 Å². The third kappa shape index (κ3) is 5.67. The molecule has 0 bridgehead atoms. The standard InChI is InChI=1S/C40H35ClN6O3S/c1-24-20-29(37(42-21-24)46-22-40(23-46)15-18-50-19-16-40)38(48)43-26-12-10-25(11-13-26)39(49)47-17-14-28-33(41)35(36-44-30-7-3-4-8-31(30)45-36)51-34(28)27-6-2-5-9-32(27)47/h2-13,20-21H,14-19,22-23H2,1H3,(H,43,48)(H,44,45). The number of H-pyrrole nitrogens is 1. The summed E-state index contributed by atoms with van der Waals surface area (Å²) in [6, 6.07) is 24.9. The van der Waals surface area contributed by atoms with Crippen LogP contribution >= 0.6 is 22.9 Å². The number of halogens is 1. The van der Waals surface area contributed by atoms with Gasteiger partial charge >= 0.3 is 0 Å². The van der Waals surface area contributed by atoms with Crippen LogP contribution in [0.4, 0.5) is 17.2 Å². The van der Waals surface area contributed by atoms with E-state index in [1.165, 1.54) is 0 Å². The minimum absolute atomic E-state index is 0.117. The van der Waals surface area contributed by atoms with Crippen LogP contribution in [0.5, 0.6) is 0 Å². The molecule has 51 heavy (non-hydrogen) atoms. The van der Waals surface area contributed by atoms with Gasteiger partial charge < -0.3 is 24.8 Å². The summed E-state index contributed by atoms with van der Waals surface area (Å²) < 4.78 is 5.58. The van der Waals surface area contributed by atoms with Crippen molar-refractivity contribution in [3.63, 3.8) is 0 Å². The van der Waals surface area contributed by atoms with E-state index in [2.05, 4.69) is 20.2 Å². The molecule has 256 valence electrons. The van der Waals surface area contributed by atoms with Gasteiger partial charge in [0.25, 0.3) is 11.8 Å². The molecule has 3 aromatic carbocycles. The summed E-state index contributed by atoms with van der Waals surface area (Å²) in [5.74, 6) is 1.12. The highest BCUT2D eigenvalue weighted by Gasteiger charge is 2.45. The van der Waals surface area contributed by atoms with E-state index < -0.39 is 0 Å². The number of aromatic amines is 1. The Morgan fingerprint density at radius 1 is 0.980 bits per heavy atom. The lowest BCUT2D eigenvalue weighted by Gasteiger charge is -2.53. The van der Waals surface area contributed by atoms with E-state index >= 15 is 0 Å². The Morgan fingerprint density at radius 3 is 2.55 bits per heavy atom. The normalized spacial score (nSPS) is 16.4. The van der Waals surface area contributed by atoms with Gasteiger partial charge in [-0.05, 0) is 85.8 Å². The van der Waals surface area contributed by atoms with Crippen molar-refractivity contribution in [2.24, 2.45) is 5.41 Å².